The minimum absolute atomic E-state index is 0.782. The van der Waals surface area contributed by atoms with E-state index in [0.717, 1.165) is 38.1 Å². The number of nitrogens with one attached hydrogen (secondary N) is 2. The second-order valence-corrected chi connectivity index (χ2v) is 7.06. The summed E-state index contributed by atoms with van der Waals surface area (Å²) in [5, 5.41) is 8.94. The highest BCUT2D eigenvalue weighted by Gasteiger charge is 2.17. The first-order valence-electron chi connectivity index (χ1n) is 8.46. The van der Waals surface area contributed by atoms with Gasteiger partial charge in [0.25, 0.3) is 0 Å². The first-order valence-corrected chi connectivity index (χ1v) is 9.34. The minimum Gasteiger partial charge on any atom is -0.356 e. The third-order valence-electron chi connectivity index (χ3n) is 4.42. The number of hydrogen-bond donors (Lipinski definition) is 2. The summed E-state index contributed by atoms with van der Waals surface area (Å²) in [6.45, 7) is 2.96. The molecule has 22 heavy (non-hydrogen) atoms. The van der Waals surface area contributed by atoms with Crippen LogP contribution in [-0.4, -0.2) is 50.6 Å². The first-order chi connectivity index (χ1) is 10.8. The van der Waals surface area contributed by atoms with Crippen LogP contribution in [-0.2, 0) is 6.42 Å². The van der Waals surface area contributed by atoms with Gasteiger partial charge in [-0.25, -0.2) is 0 Å². The van der Waals surface area contributed by atoms with Crippen molar-refractivity contribution in [3.8, 4) is 0 Å². The Morgan fingerprint density at radius 3 is 2.73 bits per heavy atom. The van der Waals surface area contributed by atoms with Crippen LogP contribution in [0, 0.1) is 0 Å². The van der Waals surface area contributed by atoms with E-state index in [1.807, 2.05) is 18.4 Å². The molecule has 0 atom stereocenters. The molecule has 0 amide bonds. The first kappa shape index (κ1) is 17.3. The number of hydrogen-bond acceptors (Lipinski definition) is 3. The molecule has 5 heteroatoms. The monoisotopic (exact) mass is 322 g/mol. The topological polar surface area (TPSA) is 39.7 Å². The lowest BCUT2D eigenvalue weighted by Crippen LogP contribution is -2.43. The lowest BCUT2D eigenvalue weighted by molar-refractivity contribution is 0.194. The van der Waals surface area contributed by atoms with Crippen molar-refractivity contribution in [1.82, 2.24) is 15.5 Å². The molecule has 1 aromatic rings. The average molecular weight is 323 g/mol. The van der Waals surface area contributed by atoms with E-state index in [-0.39, 0.29) is 0 Å². The van der Waals surface area contributed by atoms with E-state index in [9.17, 15) is 0 Å². The van der Waals surface area contributed by atoms with Crippen molar-refractivity contribution in [3.05, 3.63) is 22.4 Å². The summed E-state index contributed by atoms with van der Waals surface area (Å²) in [6, 6.07) is 5.07. The SMILES string of the molecule is CN=C(NCCc1cccs1)NCCN(C)C1CCCCC1. The molecule has 0 saturated heterocycles. The van der Waals surface area contributed by atoms with Gasteiger partial charge in [-0.15, -0.1) is 11.3 Å². The van der Waals surface area contributed by atoms with E-state index in [0.29, 0.717) is 0 Å². The Bertz CT molecular complexity index is 424. The molecule has 0 spiro atoms. The van der Waals surface area contributed by atoms with Crippen molar-refractivity contribution >= 4 is 17.3 Å². The van der Waals surface area contributed by atoms with Crippen LogP contribution in [0.2, 0.25) is 0 Å². The van der Waals surface area contributed by atoms with E-state index < -0.39 is 0 Å². The molecule has 0 aliphatic heterocycles. The van der Waals surface area contributed by atoms with Gasteiger partial charge >= 0.3 is 0 Å². The maximum absolute atomic E-state index is 4.30. The summed E-state index contributed by atoms with van der Waals surface area (Å²) in [5.74, 6) is 0.911. The molecule has 0 bridgehead atoms. The lowest BCUT2D eigenvalue weighted by atomic mass is 9.94. The van der Waals surface area contributed by atoms with E-state index in [2.05, 4.69) is 45.1 Å². The summed E-state index contributed by atoms with van der Waals surface area (Å²) >= 11 is 1.81. The highest BCUT2D eigenvalue weighted by atomic mass is 32.1. The van der Waals surface area contributed by atoms with Crippen LogP contribution in [0.5, 0.6) is 0 Å². The number of rotatable bonds is 7. The Balaban J connectivity index is 1.59. The molecular formula is C17H30N4S. The van der Waals surface area contributed by atoms with Crippen LogP contribution in [0.15, 0.2) is 22.5 Å². The molecule has 1 aliphatic rings. The summed E-state index contributed by atoms with van der Waals surface area (Å²) in [4.78, 5) is 8.22. The Hall–Kier alpha value is -1.07. The second kappa shape index (κ2) is 9.85. The van der Waals surface area contributed by atoms with Crippen LogP contribution in [0.3, 0.4) is 0 Å². The van der Waals surface area contributed by atoms with Crippen molar-refractivity contribution in [2.75, 3.05) is 33.7 Å². The van der Waals surface area contributed by atoms with Crippen LogP contribution >= 0.6 is 11.3 Å². The molecule has 2 rings (SSSR count). The van der Waals surface area contributed by atoms with Crippen molar-refractivity contribution < 1.29 is 0 Å². The molecule has 1 fully saturated rings. The largest absolute Gasteiger partial charge is 0.356 e. The lowest BCUT2D eigenvalue weighted by Gasteiger charge is -2.31. The molecule has 1 saturated carbocycles. The Morgan fingerprint density at radius 1 is 1.27 bits per heavy atom. The van der Waals surface area contributed by atoms with Gasteiger partial charge in [-0.1, -0.05) is 25.3 Å². The van der Waals surface area contributed by atoms with Crippen molar-refractivity contribution in [1.29, 1.82) is 0 Å². The third-order valence-corrected chi connectivity index (χ3v) is 5.36. The number of nitrogens with zero attached hydrogens (tertiary/aromatic N) is 2. The second-order valence-electron chi connectivity index (χ2n) is 6.03. The molecule has 1 aromatic heterocycles. The zero-order valence-corrected chi connectivity index (χ0v) is 14.8. The van der Waals surface area contributed by atoms with E-state index in [4.69, 9.17) is 0 Å². The third kappa shape index (κ3) is 5.97. The summed E-state index contributed by atoms with van der Waals surface area (Å²) in [6.07, 6.45) is 8.00. The fraction of sp³-hybridized carbons (Fsp3) is 0.706. The predicted molar refractivity (Wildman–Crippen MR) is 96.9 cm³/mol. The molecule has 1 aliphatic carbocycles. The summed E-state index contributed by atoms with van der Waals surface area (Å²) in [7, 11) is 4.09. The minimum atomic E-state index is 0.782. The molecule has 124 valence electrons. The summed E-state index contributed by atoms with van der Waals surface area (Å²) < 4.78 is 0. The zero-order valence-electron chi connectivity index (χ0n) is 14.0. The van der Waals surface area contributed by atoms with Gasteiger partial charge in [0.15, 0.2) is 5.96 Å². The van der Waals surface area contributed by atoms with Gasteiger partial charge in [0.2, 0.25) is 0 Å². The average Bonchev–Trinajstić information content (AvgIpc) is 3.07. The van der Waals surface area contributed by atoms with Crippen molar-refractivity contribution in [2.24, 2.45) is 4.99 Å². The molecule has 0 unspecified atom stereocenters. The van der Waals surface area contributed by atoms with Gasteiger partial charge in [-0.2, -0.15) is 0 Å². The highest BCUT2D eigenvalue weighted by Crippen LogP contribution is 2.21. The normalized spacial score (nSPS) is 17.0. The van der Waals surface area contributed by atoms with Gasteiger partial charge in [0, 0.05) is 37.6 Å². The predicted octanol–water partition coefficient (Wildman–Crippen LogP) is 2.72. The van der Waals surface area contributed by atoms with E-state index in [1.54, 1.807) is 0 Å². The number of thiophene rings is 1. The van der Waals surface area contributed by atoms with Crippen LogP contribution < -0.4 is 10.6 Å². The zero-order chi connectivity index (χ0) is 15.6. The highest BCUT2D eigenvalue weighted by molar-refractivity contribution is 7.09. The van der Waals surface area contributed by atoms with Gasteiger partial charge in [0.05, 0.1) is 0 Å². The standard InChI is InChI=1S/C17H30N4S/c1-18-17(19-11-10-16-9-6-14-22-16)20-12-13-21(2)15-7-4-3-5-8-15/h6,9,14-15H,3-5,7-8,10-13H2,1-2H3,(H2,18,19,20). The van der Waals surface area contributed by atoms with E-state index >= 15 is 0 Å². The van der Waals surface area contributed by atoms with Gasteiger partial charge in [0.1, 0.15) is 0 Å². The van der Waals surface area contributed by atoms with Gasteiger partial charge < -0.3 is 15.5 Å². The molecule has 4 nitrogen and oxygen atoms in total. The van der Waals surface area contributed by atoms with Crippen molar-refractivity contribution in [3.63, 3.8) is 0 Å². The van der Waals surface area contributed by atoms with Crippen LogP contribution in [0.4, 0.5) is 0 Å². The van der Waals surface area contributed by atoms with Crippen LogP contribution in [0.1, 0.15) is 37.0 Å². The molecule has 0 aromatic carbocycles. The molecule has 0 radical (unpaired) electrons. The number of guanidine groups is 1. The Labute approximate surface area is 139 Å². The molecular weight excluding hydrogens is 292 g/mol. The van der Waals surface area contributed by atoms with Crippen LogP contribution in [0.25, 0.3) is 0 Å². The number of likely N-dealkylation sites (N-methyl/N-ethyl adjacent to an activating group) is 1. The Morgan fingerprint density at radius 2 is 2.05 bits per heavy atom. The van der Waals surface area contributed by atoms with Gasteiger partial charge in [-0.05, 0) is 37.8 Å². The maximum atomic E-state index is 4.30. The molecule has 2 N–H and O–H groups in total. The molecule has 1 heterocycles. The van der Waals surface area contributed by atoms with Crippen molar-refractivity contribution in [2.45, 2.75) is 44.6 Å². The fourth-order valence-corrected chi connectivity index (χ4v) is 3.74. The van der Waals surface area contributed by atoms with Gasteiger partial charge in [-0.3, -0.25) is 4.99 Å². The smallest absolute Gasteiger partial charge is 0.191 e. The number of aliphatic imine (C=N–C) groups is 1. The summed E-state index contributed by atoms with van der Waals surface area (Å²) in [5.41, 5.74) is 0. The Kier molecular flexibility index (Phi) is 7.74. The van der Waals surface area contributed by atoms with E-state index in [1.165, 1.54) is 37.0 Å². The fourth-order valence-electron chi connectivity index (χ4n) is 3.03. The quantitative estimate of drug-likeness (QED) is 0.599. The maximum Gasteiger partial charge on any atom is 0.191 e.